The zero-order chi connectivity index (χ0) is 15.6. The zero-order valence-electron chi connectivity index (χ0n) is 12.6. The van der Waals surface area contributed by atoms with E-state index in [4.69, 9.17) is 11.5 Å². The van der Waals surface area contributed by atoms with Gasteiger partial charge in [0, 0.05) is 17.6 Å². The van der Waals surface area contributed by atoms with Gasteiger partial charge in [0.2, 0.25) is 0 Å². The van der Waals surface area contributed by atoms with Crippen molar-refractivity contribution in [1.82, 2.24) is 4.57 Å². The molecule has 21 heavy (non-hydrogen) atoms. The van der Waals surface area contributed by atoms with Crippen molar-refractivity contribution in [3.05, 3.63) is 34.5 Å². The fourth-order valence-electron chi connectivity index (χ4n) is 3.00. The van der Waals surface area contributed by atoms with Crippen LogP contribution in [0.5, 0.6) is 0 Å². The second-order valence-corrected chi connectivity index (χ2v) is 5.36. The monoisotopic (exact) mass is 289 g/mol. The van der Waals surface area contributed by atoms with Gasteiger partial charge in [0.1, 0.15) is 0 Å². The summed E-state index contributed by atoms with van der Waals surface area (Å²) in [5.74, 6) is -0.885. The van der Waals surface area contributed by atoms with Crippen LogP contribution in [0.25, 0.3) is 10.9 Å². The first-order valence-electron chi connectivity index (χ1n) is 7.27. The van der Waals surface area contributed by atoms with E-state index >= 15 is 0 Å². The minimum Gasteiger partial charge on any atom is -0.478 e. The summed E-state index contributed by atoms with van der Waals surface area (Å²) in [6.07, 6.45) is 1.57. The topological polar surface area (TPSA) is 94.3 Å². The number of carboxylic acids is 1. The number of aromatic carboxylic acids is 1. The van der Waals surface area contributed by atoms with Crippen LogP contribution in [0.3, 0.4) is 0 Å². The van der Waals surface area contributed by atoms with Gasteiger partial charge in [0.25, 0.3) is 0 Å². The Morgan fingerprint density at radius 1 is 1.24 bits per heavy atom. The highest BCUT2D eigenvalue weighted by Crippen LogP contribution is 2.31. The lowest BCUT2D eigenvalue weighted by molar-refractivity contribution is 0.0698. The predicted octanol–water partition coefficient (Wildman–Crippen LogP) is 1.81. The highest BCUT2D eigenvalue weighted by molar-refractivity contribution is 6.05. The van der Waals surface area contributed by atoms with Crippen molar-refractivity contribution < 1.29 is 9.90 Å². The molecule has 5 nitrogen and oxygen atoms in total. The maximum atomic E-state index is 11.7. The van der Waals surface area contributed by atoms with E-state index in [-0.39, 0.29) is 0 Å². The van der Waals surface area contributed by atoms with Gasteiger partial charge in [-0.05, 0) is 50.9 Å². The number of nitrogens with two attached hydrogens (primary N) is 2. The third kappa shape index (κ3) is 2.66. The summed E-state index contributed by atoms with van der Waals surface area (Å²) < 4.78 is 2.09. The fraction of sp³-hybridized carbons (Fsp3) is 0.438. The molecule has 0 amide bonds. The second kappa shape index (κ2) is 6.28. The molecule has 1 aromatic heterocycles. The molecule has 2 aromatic rings. The van der Waals surface area contributed by atoms with Crippen LogP contribution in [-0.4, -0.2) is 28.7 Å². The summed E-state index contributed by atoms with van der Waals surface area (Å²) in [6, 6.07) is 3.88. The Morgan fingerprint density at radius 3 is 2.52 bits per heavy atom. The highest BCUT2D eigenvalue weighted by Gasteiger charge is 2.20. The number of carbonyl (C=O) groups is 1. The molecule has 0 radical (unpaired) electrons. The van der Waals surface area contributed by atoms with Gasteiger partial charge in [-0.15, -0.1) is 0 Å². The number of aromatic nitrogens is 1. The molecule has 0 spiro atoms. The van der Waals surface area contributed by atoms with Crippen LogP contribution in [0.2, 0.25) is 0 Å². The van der Waals surface area contributed by atoms with E-state index in [1.807, 2.05) is 26.0 Å². The van der Waals surface area contributed by atoms with Crippen LogP contribution in [0, 0.1) is 13.8 Å². The molecule has 0 saturated carbocycles. The van der Waals surface area contributed by atoms with E-state index in [0.717, 1.165) is 47.1 Å². The maximum absolute atomic E-state index is 11.7. The molecular weight excluding hydrogens is 266 g/mol. The summed E-state index contributed by atoms with van der Waals surface area (Å²) >= 11 is 0. The van der Waals surface area contributed by atoms with Crippen LogP contribution < -0.4 is 11.5 Å². The van der Waals surface area contributed by atoms with Crippen molar-refractivity contribution in [1.29, 1.82) is 0 Å². The van der Waals surface area contributed by atoms with Gasteiger partial charge in [0.05, 0.1) is 11.1 Å². The zero-order valence-corrected chi connectivity index (χ0v) is 12.6. The Labute approximate surface area is 124 Å². The molecule has 114 valence electrons. The molecule has 1 aromatic carbocycles. The molecule has 0 atom stereocenters. The minimum absolute atomic E-state index is 0.385. The minimum atomic E-state index is -0.885. The van der Waals surface area contributed by atoms with Gasteiger partial charge in [0.15, 0.2) is 0 Å². The number of carboxylic acid groups (broad SMARTS) is 1. The van der Waals surface area contributed by atoms with Crippen LogP contribution in [-0.2, 0) is 13.0 Å². The van der Waals surface area contributed by atoms with Crippen LogP contribution in [0.4, 0.5) is 0 Å². The van der Waals surface area contributed by atoms with Crippen LogP contribution in [0.1, 0.15) is 33.6 Å². The summed E-state index contributed by atoms with van der Waals surface area (Å²) in [7, 11) is 0. The van der Waals surface area contributed by atoms with Crippen molar-refractivity contribution in [3.63, 3.8) is 0 Å². The fourth-order valence-corrected chi connectivity index (χ4v) is 3.00. The Morgan fingerprint density at radius 2 is 1.95 bits per heavy atom. The predicted molar refractivity (Wildman–Crippen MR) is 84.8 cm³/mol. The molecule has 0 bridgehead atoms. The number of fused-ring (bicyclic) bond motifs is 1. The summed E-state index contributed by atoms with van der Waals surface area (Å²) in [6.45, 7) is 5.73. The van der Waals surface area contributed by atoms with E-state index in [0.29, 0.717) is 18.7 Å². The standard InChI is InChI=1S/C16H23N3O2/c1-10-4-5-13-12(6-8-18)11(2)19(9-3-7-17)15(13)14(10)16(20)21/h4-5H,3,6-9,17-18H2,1-2H3,(H,20,21). The lowest BCUT2D eigenvalue weighted by Crippen LogP contribution is -2.10. The summed E-state index contributed by atoms with van der Waals surface area (Å²) in [5.41, 5.74) is 15.5. The number of aryl methyl sites for hydroxylation is 2. The number of rotatable bonds is 6. The maximum Gasteiger partial charge on any atom is 0.338 e. The van der Waals surface area contributed by atoms with Gasteiger partial charge in [-0.1, -0.05) is 12.1 Å². The second-order valence-electron chi connectivity index (χ2n) is 5.36. The average molecular weight is 289 g/mol. The molecule has 2 rings (SSSR count). The number of hydrogen-bond acceptors (Lipinski definition) is 3. The van der Waals surface area contributed by atoms with Crippen LogP contribution >= 0.6 is 0 Å². The van der Waals surface area contributed by atoms with E-state index in [1.165, 1.54) is 0 Å². The number of nitrogens with zero attached hydrogens (tertiary/aromatic N) is 1. The Kier molecular flexibility index (Phi) is 4.65. The molecule has 1 heterocycles. The van der Waals surface area contributed by atoms with Gasteiger partial charge in [-0.2, -0.15) is 0 Å². The highest BCUT2D eigenvalue weighted by atomic mass is 16.4. The molecule has 0 unspecified atom stereocenters. The molecule has 5 N–H and O–H groups in total. The lowest BCUT2D eigenvalue weighted by atomic mass is 10.0. The molecule has 5 heteroatoms. The molecule has 0 aliphatic heterocycles. The van der Waals surface area contributed by atoms with E-state index < -0.39 is 5.97 Å². The van der Waals surface area contributed by atoms with Crippen molar-refractivity contribution in [2.24, 2.45) is 11.5 Å². The third-order valence-corrected chi connectivity index (χ3v) is 4.02. The van der Waals surface area contributed by atoms with Crippen molar-refractivity contribution in [3.8, 4) is 0 Å². The molecule has 0 saturated heterocycles. The quantitative estimate of drug-likeness (QED) is 0.756. The van der Waals surface area contributed by atoms with Gasteiger partial charge in [-0.3, -0.25) is 0 Å². The van der Waals surface area contributed by atoms with Crippen LogP contribution in [0.15, 0.2) is 12.1 Å². The Balaban J connectivity index is 2.81. The first-order chi connectivity index (χ1) is 10.0. The number of hydrogen-bond donors (Lipinski definition) is 3. The average Bonchev–Trinajstić information content (AvgIpc) is 2.69. The SMILES string of the molecule is Cc1ccc2c(CCN)c(C)n(CCCN)c2c1C(=O)O. The van der Waals surface area contributed by atoms with E-state index in [9.17, 15) is 9.90 Å². The van der Waals surface area contributed by atoms with Gasteiger partial charge >= 0.3 is 5.97 Å². The molecule has 0 aliphatic rings. The number of benzene rings is 1. The first-order valence-corrected chi connectivity index (χ1v) is 7.27. The van der Waals surface area contributed by atoms with Crippen molar-refractivity contribution >= 4 is 16.9 Å². The lowest BCUT2D eigenvalue weighted by Gasteiger charge is -2.11. The van der Waals surface area contributed by atoms with E-state index in [1.54, 1.807) is 0 Å². The van der Waals surface area contributed by atoms with Gasteiger partial charge in [-0.25, -0.2) is 4.79 Å². The largest absolute Gasteiger partial charge is 0.478 e. The molecule has 0 aliphatic carbocycles. The Hall–Kier alpha value is -1.85. The Bertz CT molecular complexity index is 674. The normalized spacial score (nSPS) is 11.2. The van der Waals surface area contributed by atoms with Crippen molar-refractivity contribution in [2.45, 2.75) is 33.2 Å². The summed E-state index contributed by atoms with van der Waals surface area (Å²) in [5, 5.41) is 10.6. The summed E-state index contributed by atoms with van der Waals surface area (Å²) in [4.78, 5) is 11.7. The molecular formula is C16H23N3O2. The molecule has 0 fully saturated rings. The van der Waals surface area contributed by atoms with E-state index in [2.05, 4.69) is 4.57 Å². The first kappa shape index (κ1) is 15.5. The van der Waals surface area contributed by atoms with Gasteiger partial charge < -0.3 is 21.1 Å². The smallest absolute Gasteiger partial charge is 0.338 e. The third-order valence-electron chi connectivity index (χ3n) is 4.02. The van der Waals surface area contributed by atoms with Crippen molar-refractivity contribution in [2.75, 3.05) is 13.1 Å².